The van der Waals surface area contributed by atoms with Crippen LogP contribution >= 0.6 is 0 Å². The first-order chi connectivity index (χ1) is 8.79. The van der Waals surface area contributed by atoms with Gasteiger partial charge in [-0.3, -0.25) is 4.79 Å². The minimum absolute atomic E-state index is 0.195. The quantitative estimate of drug-likeness (QED) is 0.727. The Morgan fingerprint density at radius 3 is 2.72 bits per heavy atom. The number of aromatic nitrogens is 1. The Hall–Kier alpha value is -2.09. The number of hydrogen-bond donors (Lipinski definition) is 0. The van der Waals surface area contributed by atoms with Gasteiger partial charge in [-0.2, -0.15) is 0 Å². The monoisotopic (exact) mass is 239 g/mol. The summed E-state index contributed by atoms with van der Waals surface area (Å²) in [5.74, 6) is 0.195. The van der Waals surface area contributed by atoms with Gasteiger partial charge in [-0.15, -0.1) is 0 Å². The summed E-state index contributed by atoms with van der Waals surface area (Å²) in [5, 5.41) is 0. The fourth-order valence-electron chi connectivity index (χ4n) is 1.80. The van der Waals surface area contributed by atoms with Crippen LogP contribution in [0.5, 0.6) is 0 Å². The second kappa shape index (κ2) is 6.01. The first-order valence-corrected chi connectivity index (χ1v) is 6.20. The molecule has 0 atom stereocenters. The molecule has 0 bridgehead atoms. The Labute approximate surface area is 108 Å². The van der Waals surface area contributed by atoms with Crippen molar-refractivity contribution >= 4 is 11.9 Å². The van der Waals surface area contributed by atoms with E-state index in [4.69, 9.17) is 0 Å². The van der Waals surface area contributed by atoms with Crippen LogP contribution in [-0.4, -0.2) is 10.4 Å². The number of allylic oxidation sites excluding steroid dienone is 1. The third-order valence-corrected chi connectivity index (χ3v) is 2.82. The molecule has 2 heteroatoms. The third-order valence-electron chi connectivity index (χ3n) is 2.82. The molecular formula is C16H17NO. The molecule has 0 fully saturated rings. The van der Waals surface area contributed by atoms with E-state index in [2.05, 4.69) is 24.3 Å². The van der Waals surface area contributed by atoms with Crippen LogP contribution in [0.1, 0.15) is 29.3 Å². The van der Waals surface area contributed by atoms with Crippen LogP contribution in [0.3, 0.4) is 0 Å². The summed E-state index contributed by atoms with van der Waals surface area (Å²) < 4.78 is 2.02. The molecule has 2 aromatic rings. The van der Waals surface area contributed by atoms with Crippen LogP contribution < -0.4 is 0 Å². The molecule has 0 saturated carbocycles. The molecule has 0 N–H and O–H groups in total. The average molecular weight is 239 g/mol. The maximum absolute atomic E-state index is 11.5. The number of hydrogen-bond acceptors (Lipinski definition) is 1. The molecule has 0 aliphatic carbocycles. The first kappa shape index (κ1) is 12.4. The Balaban J connectivity index is 1.96. The highest BCUT2D eigenvalue weighted by Crippen LogP contribution is 2.06. The number of Topliss-reactive ketones (excluding diaryl/α,β-unsaturated/α-hetero) is 1. The molecule has 0 aliphatic heterocycles. The van der Waals surface area contributed by atoms with E-state index >= 15 is 0 Å². The van der Waals surface area contributed by atoms with E-state index in [-0.39, 0.29) is 5.78 Å². The van der Waals surface area contributed by atoms with Gasteiger partial charge in [0.05, 0.1) is 0 Å². The topological polar surface area (TPSA) is 22.0 Å². The minimum Gasteiger partial charge on any atom is -0.350 e. The Morgan fingerprint density at radius 2 is 2.00 bits per heavy atom. The Morgan fingerprint density at radius 1 is 1.22 bits per heavy atom. The normalized spacial score (nSPS) is 10.9. The van der Waals surface area contributed by atoms with Gasteiger partial charge in [0.25, 0.3) is 0 Å². The lowest BCUT2D eigenvalue weighted by Crippen LogP contribution is -1.95. The van der Waals surface area contributed by atoms with Crippen molar-refractivity contribution in [3.63, 3.8) is 0 Å². The summed E-state index contributed by atoms with van der Waals surface area (Å²) in [6.45, 7) is 2.67. The van der Waals surface area contributed by atoms with Crippen LogP contribution in [0.15, 0.2) is 54.9 Å². The molecule has 0 spiro atoms. The van der Waals surface area contributed by atoms with Crippen LogP contribution in [0.2, 0.25) is 0 Å². The zero-order chi connectivity index (χ0) is 12.8. The summed E-state index contributed by atoms with van der Waals surface area (Å²) in [7, 11) is 0. The van der Waals surface area contributed by atoms with Crippen molar-refractivity contribution in [1.29, 1.82) is 0 Å². The van der Waals surface area contributed by atoms with Crippen LogP contribution in [0.4, 0.5) is 0 Å². The smallest absolute Gasteiger partial charge is 0.164 e. The van der Waals surface area contributed by atoms with Gasteiger partial charge >= 0.3 is 0 Å². The lowest BCUT2D eigenvalue weighted by atomic mass is 10.2. The number of ketones is 1. The molecule has 2 rings (SSSR count). The summed E-state index contributed by atoms with van der Waals surface area (Å²) in [6, 6.07) is 12.1. The highest BCUT2D eigenvalue weighted by atomic mass is 16.1. The highest BCUT2D eigenvalue weighted by Gasteiger charge is 2.03. The van der Waals surface area contributed by atoms with E-state index in [1.165, 1.54) is 5.56 Å². The molecule has 1 heterocycles. The van der Waals surface area contributed by atoms with E-state index in [1.807, 2.05) is 48.1 Å². The van der Waals surface area contributed by atoms with Gasteiger partial charge in [-0.25, -0.2) is 0 Å². The second-order valence-electron chi connectivity index (χ2n) is 4.19. The summed E-state index contributed by atoms with van der Waals surface area (Å²) in [4.78, 5) is 11.5. The van der Waals surface area contributed by atoms with Crippen molar-refractivity contribution in [3.8, 4) is 0 Å². The van der Waals surface area contributed by atoms with Gasteiger partial charge in [0.2, 0.25) is 0 Å². The van der Waals surface area contributed by atoms with Crippen molar-refractivity contribution in [2.75, 3.05) is 0 Å². The van der Waals surface area contributed by atoms with E-state index in [1.54, 1.807) is 0 Å². The van der Waals surface area contributed by atoms with Crippen LogP contribution in [0.25, 0.3) is 6.08 Å². The number of rotatable bonds is 5. The average Bonchev–Trinajstić information content (AvgIpc) is 2.88. The van der Waals surface area contributed by atoms with Gasteiger partial charge < -0.3 is 4.57 Å². The molecule has 0 aliphatic rings. The van der Waals surface area contributed by atoms with E-state index in [0.29, 0.717) is 6.42 Å². The number of carbonyl (C=O) groups is 1. The molecule has 1 aromatic heterocycles. The highest BCUT2D eigenvalue weighted by molar-refractivity contribution is 5.95. The Bertz CT molecular complexity index is 537. The van der Waals surface area contributed by atoms with E-state index in [0.717, 1.165) is 12.1 Å². The maximum Gasteiger partial charge on any atom is 0.164 e. The molecule has 0 amide bonds. The fraction of sp³-hybridized carbons (Fsp3) is 0.188. The van der Waals surface area contributed by atoms with Crippen molar-refractivity contribution in [3.05, 3.63) is 66.0 Å². The van der Waals surface area contributed by atoms with Crippen LogP contribution in [0, 0.1) is 0 Å². The maximum atomic E-state index is 11.5. The van der Waals surface area contributed by atoms with Gasteiger partial charge in [-0.1, -0.05) is 49.4 Å². The molecule has 92 valence electrons. The predicted molar refractivity (Wildman–Crippen MR) is 74.5 cm³/mol. The van der Waals surface area contributed by atoms with Crippen molar-refractivity contribution in [2.45, 2.75) is 19.9 Å². The SMILES string of the molecule is CCC(=O)c1ccn(CC=Cc2ccccc2)c1. The standard InChI is InChI=1S/C16H17NO/c1-2-16(18)15-10-12-17(13-15)11-6-9-14-7-4-3-5-8-14/h3-10,12-13H,2,11H2,1H3. The number of carbonyl (C=O) groups excluding carboxylic acids is 1. The molecular weight excluding hydrogens is 222 g/mol. The molecule has 2 nitrogen and oxygen atoms in total. The van der Waals surface area contributed by atoms with Gasteiger partial charge in [-0.05, 0) is 11.6 Å². The van der Waals surface area contributed by atoms with Crippen molar-refractivity contribution < 1.29 is 4.79 Å². The zero-order valence-electron chi connectivity index (χ0n) is 10.5. The minimum atomic E-state index is 0.195. The van der Waals surface area contributed by atoms with Crippen molar-refractivity contribution in [2.24, 2.45) is 0 Å². The van der Waals surface area contributed by atoms with Crippen molar-refractivity contribution in [1.82, 2.24) is 4.57 Å². The summed E-state index contributed by atoms with van der Waals surface area (Å²) >= 11 is 0. The summed E-state index contributed by atoms with van der Waals surface area (Å²) in [5.41, 5.74) is 1.99. The molecule has 0 saturated heterocycles. The van der Waals surface area contributed by atoms with E-state index in [9.17, 15) is 4.79 Å². The molecule has 1 aromatic carbocycles. The lowest BCUT2D eigenvalue weighted by Gasteiger charge is -1.97. The van der Waals surface area contributed by atoms with Crippen LogP contribution in [-0.2, 0) is 6.54 Å². The molecule has 0 unspecified atom stereocenters. The largest absolute Gasteiger partial charge is 0.350 e. The van der Waals surface area contributed by atoms with Gasteiger partial charge in [0.1, 0.15) is 0 Å². The summed E-state index contributed by atoms with van der Waals surface area (Å²) in [6.07, 6.45) is 8.58. The van der Waals surface area contributed by atoms with Gasteiger partial charge in [0.15, 0.2) is 5.78 Å². The fourth-order valence-corrected chi connectivity index (χ4v) is 1.80. The third kappa shape index (κ3) is 3.20. The second-order valence-corrected chi connectivity index (χ2v) is 4.19. The molecule has 0 radical (unpaired) electrons. The zero-order valence-corrected chi connectivity index (χ0v) is 10.5. The lowest BCUT2D eigenvalue weighted by molar-refractivity contribution is 0.0988. The number of nitrogens with zero attached hydrogens (tertiary/aromatic N) is 1. The predicted octanol–water partition coefficient (Wildman–Crippen LogP) is 3.79. The van der Waals surface area contributed by atoms with E-state index < -0.39 is 0 Å². The Kier molecular flexibility index (Phi) is 4.13. The first-order valence-electron chi connectivity index (χ1n) is 6.20. The van der Waals surface area contributed by atoms with Gasteiger partial charge in [0, 0.05) is 30.9 Å². The number of benzene rings is 1. The molecule has 18 heavy (non-hydrogen) atoms.